The molecule has 0 spiro atoms. The fourth-order valence-electron chi connectivity index (χ4n) is 6.14. The minimum Gasteiger partial charge on any atom is -0.454 e. The molecule has 7 heteroatoms. The largest absolute Gasteiger partial charge is 0.454 e. The molecule has 180 valence electrons. The number of anilines is 1. The number of hydrogen-bond donors (Lipinski definition) is 1. The van der Waals surface area contributed by atoms with E-state index in [0.29, 0.717) is 5.69 Å². The van der Waals surface area contributed by atoms with E-state index < -0.39 is 36.9 Å². The Bertz CT molecular complexity index is 1310. The van der Waals surface area contributed by atoms with E-state index in [1.807, 2.05) is 67.6 Å². The monoisotopic (exact) mass is 480 g/mol. The van der Waals surface area contributed by atoms with Crippen LogP contribution in [0.5, 0.6) is 0 Å². The van der Waals surface area contributed by atoms with E-state index in [-0.39, 0.29) is 23.7 Å². The first-order chi connectivity index (χ1) is 17.4. The Balaban J connectivity index is 1.19. The number of amides is 3. The van der Waals surface area contributed by atoms with Crippen LogP contribution in [-0.2, 0) is 23.9 Å². The zero-order valence-electron chi connectivity index (χ0n) is 19.6. The minimum absolute atomic E-state index is 0.232. The molecule has 7 nitrogen and oxygen atoms in total. The SMILES string of the molecule is Cc1cccc(NC(=O)COC(=O)CN2C(=O)[C@H]3C4c5ccccc5C(c5ccccc54)[C@@H]3C2=O)c1. The molecule has 7 rings (SSSR count). The van der Waals surface area contributed by atoms with Gasteiger partial charge in [-0.2, -0.15) is 0 Å². The molecule has 2 bridgehead atoms. The van der Waals surface area contributed by atoms with Gasteiger partial charge in [0.05, 0.1) is 11.8 Å². The molecule has 1 aliphatic heterocycles. The van der Waals surface area contributed by atoms with Crippen LogP contribution >= 0.6 is 0 Å². The average Bonchev–Trinajstić information content (AvgIpc) is 3.13. The number of rotatable bonds is 5. The van der Waals surface area contributed by atoms with E-state index in [4.69, 9.17) is 4.74 Å². The van der Waals surface area contributed by atoms with E-state index >= 15 is 0 Å². The summed E-state index contributed by atoms with van der Waals surface area (Å²) in [5, 5.41) is 2.67. The third-order valence-electron chi connectivity index (χ3n) is 7.49. The first-order valence-corrected chi connectivity index (χ1v) is 12.0. The number of ether oxygens (including phenoxy) is 1. The molecule has 2 atom stereocenters. The van der Waals surface area contributed by atoms with Crippen molar-refractivity contribution in [1.29, 1.82) is 0 Å². The Morgan fingerprint density at radius 3 is 1.83 bits per heavy atom. The topological polar surface area (TPSA) is 92.8 Å². The molecule has 0 aromatic heterocycles. The summed E-state index contributed by atoms with van der Waals surface area (Å²) in [6.07, 6.45) is 0. The lowest BCUT2D eigenvalue weighted by molar-refractivity contribution is -0.154. The molecule has 1 fully saturated rings. The number of nitrogens with zero attached hydrogens (tertiary/aromatic N) is 1. The number of nitrogens with one attached hydrogen (secondary N) is 1. The molecule has 3 amide bonds. The van der Waals surface area contributed by atoms with Crippen LogP contribution in [0.2, 0.25) is 0 Å². The number of carbonyl (C=O) groups excluding carboxylic acids is 4. The predicted octanol–water partition coefficient (Wildman–Crippen LogP) is 3.37. The number of hydrogen-bond acceptors (Lipinski definition) is 5. The molecule has 0 radical (unpaired) electrons. The standard InChI is InChI=1S/C29H24N2O5/c1-16-7-6-8-17(13-16)30-22(32)15-36-23(33)14-31-28(34)26-24-18-9-2-3-10-19(18)25(27(26)29(31)35)21-12-5-4-11-20(21)24/h2-13,24-27H,14-15H2,1H3,(H,30,32)/t24?,25?,26-,27-/m0/s1. The van der Waals surface area contributed by atoms with Gasteiger partial charge >= 0.3 is 5.97 Å². The van der Waals surface area contributed by atoms with Crippen LogP contribution < -0.4 is 5.32 Å². The maximum absolute atomic E-state index is 13.5. The molecule has 3 aromatic rings. The van der Waals surface area contributed by atoms with Gasteiger partial charge in [-0.3, -0.25) is 24.1 Å². The zero-order chi connectivity index (χ0) is 25.0. The molecule has 1 N–H and O–H groups in total. The highest BCUT2D eigenvalue weighted by molar-refractivity contribution is 6.09. The maximum Gasteiger partial charge on any atom is 0.326 e. The Labute approximate surface area is 208 Å². The van der Waals surface area contributed by atoms with Crippen molar-refractivity contribution in [1.82, 2.24) is 4.90 Å². The highest BCUT2D eigenvalue weighted by Crippen LogP contribution is 2.60. The van der Waals surface area contributed by atoms with Crippen molar-refractivity contribution >= 4 is 29.4 Å². The second-order valence-corrected chi connectivity index (χ2v) is 9.61. The third-order valence-corrected chi connectivity index (χ3v) is 7.49. The Morgan fingerprint density at radius 2 is 1.33 bits per heavy atom. The predicted molar refractivity (Wildman–Crippen MR) is 131 cm³/mol. The lowest BCUT2D eigenvalue weighted by Gasteiger charge is -2.45. The van der Waals surface area contributed by atoms with Gasteiger partial charge in [-0.25, -0.2) is 0 Å². The van der Waals surface area contributed by atoms with E-state index in [0.717, 1.165) is 32.7 Å². The second kappa shape index (κ2) is 8.45. The van der Waals surface area contributed by atoms with Crippen molar-refractivity contribution in [3.05, 3.63) is 101 Å². The number of esters is 1. The first kappa shape index (κ1) is 22.2. The molecule has 3 aromatic carbocycles. The fourth-order valence-corrected chi connectivity index (χ4v) is 6.14. The van der Waals surface area contributed by atoms with Gasteiger partial charge in [0.1, 0.15) is 6.54 Å². The highest BCUT2D eigenvalue weighted by Gasteiger charge is 2.61. The van der Waals surface area contributed by atoms with Crippen LogP contribution in [0.25, 0.3) is 0 Å². The smallest absolute Gasteiger partial charge is 0.326 e. The van der Waals surface area contributed by atoms with E-state index in [2.05, 4.69) is 5.32 Å². The number of aryl methyl sites for hydroxylation is 1. The van der Waals surface area contributed by atoms with Gasteiger partial charge in [-0.05, 0) is 46.9 Å². The Hall–Kier alpha value is -4.26. The van der Waals surface area contributed by atoms with Gasteiger partial charge < -0.3 is 10.1 Å². The first-order valence-electron chi connectivity index (χ1n) is 12.0. The van der Waals surface area contributed by atoms with Crippen molar-refractivity contribution in [2.45, 2.75) is 18.8 Å². The van der Waals surface area contributed by atoms with E-state index in [9.17, 15) is 19.2 Å². The minimum atomic E-state index is -0.794. The van der Waals surface area contributed by atoms with Crippen molar-refractivity contribution in [3.8, 4) is 0 Å². The van der Waals surface area contributed by atoms with Crippen molar-refractivity contribution in [3.63, 3.8) is 0 Å². The van der Waals surface area contributed by atoms with Crippen LogP contribution in [0.4, 0.5) is 5.69 Å². The van der Waals surface area contributed by atoms with Gasteiger partial charge in [-0.15, -0.1) is 0 Å². The summed E-state index contributed by atoms with van der Waals surface area (Å²) in [7, 11) is 0. The number of imide groups is 1. The molecule has 3 aliphatic carbocycles. The fraction of sp³-hybridized carbons (Fsp3) is 0.241. The lowest BCUT2D eigenvalue weighted by Crippen LogP contribution is -2.41. The molecule has 1 saturated heterocycles. The summed E-state index contributed by atoms with van der Waals surface area (Å²) < 4.78 is 5.11. The summed E-state index contributed by atoms with van der Waals surface area (Å²) in [4.78, 5) is 52.9. The van der Waals surface area contributed by atoms with Crippen LogP contribution in [0.1, 0.15) is 39.7 Å². The molecular formula is C29H24N2O5. The molecular weight excluding hydrogens is 456 g/mol. The molecule has 1 heterocycles. The number of benzene rings is 3. The molecule has 4 aliphatic rings. The summed E-state index contributed by atoms with van der Waals surface area (Å²) >= 11 is 0. The summed E-state index contributed by atoms with van der Waals surface area (Å²) in [6, 6.07) is 23.2. The number of likely N-dealkylation sites (tertiary alicyclic amines) is 1. The van der Waals surface area contributed by atoms with E-state index in [1.165, 1.54) is 0 Å². The Morgan fingerprint density at radius 1 is 0.806 bits per heavy atom. The van der Waals surface area contributed by atoms with Crippen LogP contribution in [0.3, 0.4) is 0 Å². The Kier molecular flexibility index (Phi) is 5.21. The van der Waals surface area contributed by atoms with Gasteiger partial charge in [0.15, 0.2) is 6.61 Å². The van der Waals surface area contributed by atoms with Crippen molar-refractivity contribution in [2.75, 3.05) is 18.5 Å². The molecule has 0 unspecified atom stereocenters. The van der Waals surface area contributed by atoms with Gasteiger partial charge in [0.25, 0.3) is 5.91 Å². The van der Waals surface area contributed by atoms with Crippen LogP contribution in [-0.4, -0.2) is 41.7 Å². The second-order valence-electron chi connectivity index (χ2n) is 9.61. The molecule has 0 saturated carbocycles. The summed E-state index contributed by atoms with van der Waals surface area (Å²) in [5.74, 6) is -3.57. The van der Waals surface area contributed by atoms with Crippen molar-refractivity contribution < 1.29 is 23.9 Å². The normalized spacial score (nSPS) is 23.1. The quantitative estimate of drug-likeness (QED) is 0.447. The van der Waals surface area contributed by atoms with Gasteiger partial charge in [0.2, 0.25) is 11.8 Å². The van der Waals surface area contributed by atoms with E-state index in [1.54, 1.807) is 12.1 Å². The average molecular weight is 481 g/mol. The zero-order valence-corrected chi connectivity index (χ0v) is 19.6. The maximum atomic E-state index is 13.5. The van der Waals surface area contributed by atoms with Crippen molar-refractivity contribution in [2.24, 2.45) is 11.8 Å². The van der Waals surface area contributed by atoms with Gasteiger partial charge in [-0.1, -0.05) is 60.7 Å². The molecule has 36 heavy (non-hydrogen) atoms. The third kappa shape index (κ3) is 3.42. The summed E-state index contributed by atoms with van der Waals surface area (Å²) in [6.45, 7) is 0.896. The lowest BCUT2D eigenvalue weighted by atomic mass is 9.55. The van der Waals surface area contributed by atoms with Crippen LogP contribution in [0.15, 0.2) is 72.8 Å². The highest BCUT2D eigenvalue weighted by atomic mass is 16.5. The van der Waals surface area contributed by atoms with Gasteiger partial charge in [0, 0.05) is 17.5 Å². The summed E-state index contributed by atoms with van der Waals surface area (Å²) in [5.41, 5.74) is 5.86. The number of carbonyl (C=O) groups is 4. The van der Waals surface area contributed by atoms with Crippen LogP contribution in [0, 0.1) is 18.8 Å².